The van der Waals surface area contributed by atoms with Gasteiger partial charge in [0.1, 0.15) is 5.82 Å². The molecule has 0 saturated carbocycles. The lowest BCUT2D eigenvalue weighted by molar-refractivity contribution is -0.118. The fourth-order valence-corrected chi connectivity index (χ4v) is 4.55. The number of aromatic nitrogens is 2. The third kappa shape index (κ3) is 6.38. The van der Waals surface area contributed by atoms with Crippen LogP contribution in [0.4, 0.5) is 5.69 Å². The van der Waals surface area contributed by atoms with Crippen LogP contribution in [0, 0.1) is 0 Å². The van der Waals surface area contributed by atoms with Crippen LogP contribution in [0.25, 0.3) is 10.9 Å². The van der Waals surface area contributed by atoms with E-state index in [2.05, 4.69) is 47.3 Å². The zero-order valence-corrected chi connectivity index (χ0v) is 23.7. The van der Waals surface area contributed by atoms with E-state index in [1.165, 1.54) is 18.0 Å². The van der Waals surface area contributed by atoms with E-state index in [0.29, 0.717) is 55.4 Å². The second-order valence-electron chi connectivity index (χ2n) is 7.78. The van der Waals surface area contributed by atoms with Crippen LogP contribution >= 0.6 is 43.5 Å². The van der Waals surface area contributed by atoms with Gasteiger partial charge in [0.15, 0.2) is 18.1 Å². The quantitative estimate of drug-likeness (QED) is 0.235. The Morgan fingerprint density at radius 2 is 1.92 bits per heavy atom. The first-order valence-electron chi connectivity index (χ1n) is 11.1. The van der Waals surface area contributed by atoms with E-state index in [-0.39, 0.29) is 18.1 Å². The maximum Gasteiger partial charge on any atom is 0.282 e. The molecule has 37 heavy (non-hydrogen) atoms. The first kappa shape index (κ1) is 26.8. The molecular weight excluding hydrogens is 628 g/mol. The van der Waals surface area contributed by atoms with E-state index < -0.39 is 0 Å². The van der Waals surface area contributed by atoms with Crippen molar-refractivity contribution in [3.8, 4) is 11.5 Å². The Hall–Kier alpha value is -3.21. The van der Waals surface area contributed by atoms with Gasteiger partial charge in [0, 0.05) is 21.6 Å². The Labute approximate surface area is 234 Å². The molecule has 4 rings (SSSR count). The maximum atomic E-state index is 13.1. The first-order chi connectivity index (χ1) is 17.8. The van der Waals surface area contributed by atoms with Crippen molar-refractivity contribution < 1.29 is 14.3 Å². The Bertz CT molecular complexity index is 1560. The predicted octanol–water partition coefficient (Wildman–Crippen LogP) is 6.05. The second kappa shape index (κ2) is 11.9. The third-order valence-electron chi connectivity index (χ3n) is 5.24. The molecule has 0 radical (unpaired) electrons. The van der Waals surface area contributed by atoms with Crippen molar-refractivity contribution in [1.29, 1.82) is 0 Å². The van der Waals surface area contributed by atoms with Crippen molar-refractivity contribution in [3.63, 3.8) is 0 Å². The number of benzene rings is 3. The van der Waals surface area contributed by atoms with Crippen molar-refractivity contribution in [2.45, 2.75) is 13.3 Å². The summed E-state index contributed by atoms with van der Waals surface area (Å²) in [5.41, 5.74) is 1.59. The van der Waals surface area contributed by atoms with E-state index in [4.69, 9.17) is 21.1 Å². The molecule has 1 aromatic heterocycles. The number of rotatable bonds is 8. The fourth-order valence-electron chi connectivity index (χ4n) is 3.49. The summed E-state index contributed by atoms with van der Waals surface area (Å²) < 4.78 is 13.8. The lowest BCUT2D eigenvalue weighted by Crippen LogP contribution is -2.22. The molecule has 3 aromatic carbocycles. The topological polar surface area (TPSA) is 94.8 Å². The van der Waals surface area contributed by atoms with Crippen LogP contribution in [0.15, 0.2) is 73.4 Å². The number of halogens is 3. The van der Waals surface area contributed by atoms with Gasteiger partial charge in [-0.3, -0.25) is 9.59 Å². The molecule has 0 aliphatic rings. The molecule has 1 amide bonds. The number of fused-ring (bicyclic) bond motifs is 1. The number of aryl methyl sites for hydroxylation is 1. The minimum absolute atomic E-state index is 0.238. The molecule has 8 nitrogen and oxygen atoms in total. The van der Waals surface area contributed by atoms with Gasteiger partial charge in [-0.15, -0.1) is 0 Å². The minimum Gasteiger partial charge on any atom is -0.493 e. The van der Waals surface area contributed by atoms with Crippen molar-refractivity contribution in [2.24, 2.45) is 5.10 Å². The monoisotopic (exact) mass is 646 g/mol. The van der Waals surface area contributed by atoms with Crippen LogP contribution in [0.1, 0.15) is 18.3 Å². The van der Waals surface area contributed by atoms with E-state index in [0.717, 1.165) is 4.47 Å². The first-order valence-corrected chi connectivity index (χ1v) is 13.1. The molecular formula is C26H21Br2ClN4O4. The minimum atomic E-state index is -0.344. The zero-order valence-electron chi connectivity index (χ0n) is 19.8. The van der Waals surface area contributed by atoms with Crippen LogP contribution in [-0.4, -0.2) is 35.5 Å². The summed E-state index contributed by atoms with van der Waals surface area (Å²) in [5.74, 6) is 0.936. The lowest BCUT2D eigenvalue weighted by atomic mass is 10.2. The molecule has 0 spiro atoms. The molecule has 0 saturated heterocycles. The smallest absolute Gasteiger partial charge is 0.282 e. The van der Waals surface area contributed by atoms with Crippen molar-refractivity contribution in [2.75, 3.05) is 19.0 Å². The number of nitrogens with one attached hydrogen (secondary N) is 1. The fraction of sp³-hybridized carbons (Fsp3) is 0.154. The number of amides is 1. The number of nitrogens with zero attached hydrogens (tertiary/aromatic N) is 3. The van der Waals surface area contributed by atoms with Crippen LogP contribution in [0.2, 0.25) is 5.02 Å². The van der Waals surface area contributed by atoms with E-state index in [1.54, 1.807) is 48.5 Å². The van der Waals surface area contributed by atoms with Crippen molar-refractivity contribution >= 4 is 72.2 Å². The van der Waals surface area contributed by atoms with Gasteiger partial charge >= 0.3 is 0 Å². The summed E-state index contributed by atoms with van der Waals surface area (Å²) in [7, 11) is 1.49. The highest BCUT2D eigenvalue weighted by Gasteiger charge is 2.14. The van der Waals surface area contributed by atoms with Gasteiger partial charge < -0.3 is 14.8 Å². The molecule has 0 fully saturated rings. The summed E-state index contributed by atoms with van der Waals surface area (Å²) in [4.78, 5) is 30.0. The summed E-state index contributed by atoms with van der Waals surface area (Å²) in [6, 6.07) is 15.6. The maximum absolute atomic E-state index is 13.1. The van der Waals surface area contributed by atoms with Gasteiger partial charge in [-0.25, -0.2) is 4.98 Å². The SMILES string of the molecule is CCc1nc2ccc(Br)cc2c(=O)n1N=Cc1cc(Br)c(OCC(=O)Nc2ccc(Cl)cc2)c(OC)c1. The normalized spacial score (nSPS) is 11.2. The average Bonchev–Trinajstić information content (AvgIpc) is 2.88. The van der Waals surface area contributed by atoms with E-state index in [1.807, 2.05) is 13.0 Å². The van der Waals surface area contributed by atoms with Gasteiger partial charge in [-0.05, 0) is 76.1 Å². The molecule has 1 heterocycles. The van der Waals surface area contributed by atoms with E-state index in [9.17, 15) is 9.59 Å². The molecule has 190 valence electrons. The Morgan fingerprint density at radius 1 is 1.16 bits per heavy atom. The number of hydrogen-bond acceptors (Lipinski definition) is 6. The molecule has 4 aromatic rings. The zero-order chi connectivity index (χ0) is 26.5. The highest BCUT2D eigenvalue weighted by Crippen LogP contribution is 2.36. The summed E-state index contributed by atoms with van der Waals surface area (Å²) >= 11 is 12.7. The van der Waals surface area contributed by atoms with Crippen molar-refractivity contribution in [1.82, 2.24) is 9.66 Å². The Kier molecular flexibility index (Phi) is 8.63. The van der Waals surface area contributed by atoms with Gasteiger partial charge in [-0.1, -0.05) is 34.5 Å². The predicted molar refractivity (Wildman–Crippen MR) is 152 cm³/mol. The largest absolute Gasteiger partial charge is 0.493 e. The van der Waals surface area contributed by atoms with Gasteiger partial charge in [-0.2, -0.15) is 9.78 Å². The molecule has 0 unspecified atom stereocenters. The molecule has 0 atom stereocenters. The Morgan fingerprint density at radius 3 is 2.62 bits per heavy atom. The third-order valence-corrected chi connectivity index (χ3v) is 6.58. The highest BCUT2D eigenvalue weighted by atomic mass is 79.9. The van der Waals surface area contributed by atoms with Gasteiger partial charge in [0.05, 0.1) is 28.7 Å². The van der Waals surface area contributed by atoms with Crippen LogP contribution in [-0.2, 0) is 11.2 Å². The number of methoxy groups -OCH3 is 1. The number of carbonyl (C=O) groups is 1. The van der Waals surface area contributed by atoms with Gasteiger partial charge in [0.2, 0.25) is 0 Å². The standard InChI is InChI=1S/C26H21Br2ClN4O4/c1-3-23-32-21-9-4-16(27)12-19(21)26(35)33(23)30-13-15-10-20(28)25(22(11-15)36-2)37-14-24(34)31-18-7-5-17(29)6-8-18/h4-13H,3,14H2,1-2H3,(H,31,34). The van der Waals surface area contributed by atoms with Crippen LogP contribution in [0.5, 0.6) is 11.5 Å². The number of carbonyl (C=O) groups excluding carboxylic acids is 1. The molecule has 0 aliphatic carbocycles. The summed E-state index contributed by atoms with van der Waals surface area (Å²) in [6.07, 6.45) is 2.06. The molecule has 0 aliphatic heterocycles. The number of hydrogen-bond donors (Lipinski definition) is 1. The van der Waals surface area contributed by atoms with Crippen LogP contribution in [0.3, 0.4) is 0 Å². The number of ether oxygens (including phenoxy) is 2. The van der Waals surface area contributed by atoms with E-state index >= 15 is 0 Å². The summed E-state index contributed by atoms with van der Waals surface area (Å²) in [6.45, 7) is 1.67. The average molecular weight is 649 g/mol. The molecule has 1 N–H and O–H groups in total. The van der Waals surface area contributed by atoms with Crippen LogP contribution < -0.4 is 20.3 Å². The Balaban J connectivity index is 1.56. The lowest BCUT2D eigenvalue weighted by Gasteiger charge is -2.13. The molecule has 0 bridgehead atoms. The number of anilines is 1. The summed E-state index contributed by atoms with van der Waals surface area (Å²) in [5, 5.41) is 8.19. The highest BCUT2D eigenvalue weighted by molar-refractivity contribution is 9.10. The van der Waals surface area contributed by atoms with Crippen molar-refractivity contribution in [3.05, 3.63) is 90.3 Å². The van der Waals surface area contributed by atoms with Gasteiger partial charge in [0.25, 0.3) is 11.5 Å². The molecule has 11 heteroatoms. The second-order valence-corrected chi connectivity index (χ2v) is 9.99.